The van der Waals surface area contributed by atoms with Gasteiger partial charge in [-0.15, -0.1) is 0 Å². The second-order valence-corrected chi connectivity index (χ2v) is 6.66. The molecule has 0 saturated heterocycles. The van der Waals surface area contributed by atoms with E-state index in [1.54, 1.807) is 12.1 Å². The van der Waals surface area contributed by atoms with Crippen molar-refractivity contribution in [3.05, 3.63) is 29.8 Å². The van der Waals surface area contributed by atoms with Crippen molar-refractivity contribution in [2.75, 3.05) is 12.3 Å². The number of hydrogen-bond acceptors (Lipinski definition) is 5. The van der Waals surface area contributed by atoms with E-state index in [4.69, 9.17) is 5.73 Å². The number of sulfonamides is 1. The third kappa shape index (κ3) is 4.54. The van der Waals surface area contributed by atoms with E-state index in [1.807, 2.05) is 4.72 Å². The van der Waals surface area contributed by atoms with Crippen molar-refractivity contribution in [3.8, 4) is 0 Å². The maximum atomic E-state index is 11.7. The van der Waals surface area contributed by atoms with Crippen molar-refractivity contribution in [1.29, 1.82) is 0 Å². The zero-order valence-electron chi connectivity index (χ0n) is 11.2. The highest BCUT2D eigenvalue weighted by molar-refractivity contribution is 7.90. The van der Waals surface area contributed by atoms with Crippen molar-refractivity contribution in [3.63, 3.8) is 0 Å². The number of hydrogen-bond donors (Lipinski definition) is 3. The summed E-state index contributed by atoms with van der Waals surface area (Å²) in [6, 6.07) is 6.12. The molecule has 7 nitrogen and oxygen atoms in total. The molecule has 110 valence electrons. The highest BCUT2D eigenvalue weighted by atomic mass is 32.2. The van der Waals surface area contributed by atoms with Crippen LogP contribution in [0.4, 0.5) is 5.69 Å². The molecule has 1 aromatic rings. The molecule has 1 aromatic carbocycles. The molecule has 0 bridgehead atoms. The molecule has 4 N–H and O–H groups in total. The minimum Gasteiger partial charge on any atom is -0.399 e. The predicted octanol–water partition coefficient (Wildman–Crippen LogP) is -0.147. The van der Waals surface area contributed by atoms with Crippen LogP contribution in [0.1, 0.15) is 24.2 Å². The lowest BCUT2D eigenvalue weighted by atomic mass is 10.2. The van der Waals surface area contributed by atoms with E-state index in [0.717, 1.165) is 0 Å². The topological polar surface area (TPSA) is 118 Å². The monoisotopic (exact) mass is 299 g/mol. The minimum absolute atomic E-state index is 0.332. The Morgan fingerprint density at radius 1 is 1.20 bits per heavy atom. The minimum atomic E-state index is -3.68. The van der Waals surface area contributed by atoms with Crippen LogP contribution in [-0.2, 0) is 14.8 Å². The summed E-state index contributed by atoms with van der Waals surface area (Å²) in [6.45, 7) is 2.47. The van der Waals surface area contributed by atoms with Gasteiger partial charge in [-0.25, -0.2) is 8.42 Å². The normalized spacial score (nSPS) is 11.2. The molecule has 1 rings (SSSR count). The van der Waals surface area contributed by atoms with E-state index >= 15 is 0 Å². The molecule has 0 radical (unpaired) electrons. The lowest BCUT2D eigenvalue weighted by Crippen LogP contribution is -2.42. The van der Waals surface area contributed by atoms with Crippen LogP contribution in [0.3, 0.4) is 0 Å². The maximum absolute atomic E-state index is 11.7. The second-order valence-electron chi connectivity index (χ2n) is 4.42. The summed E-state index contributed by atoms with van der Waals surface area (Å²) in [6.07, 6.45) is 0. The van der Waals surface area contributed by atoms with Crippen LogP contribution in [0.25, 0.3) is 0 Å². The molecule has 0 saturated carbocycles. The van der Waals surface area contributed by atoms with E-state index < -0.39 is 33.6 Å². The largest absolute Gasteiger partial charge is 0.399 e. The van der Waals surface area contributed by atoms with Crippen LogP contribution in [-0.4, -0.2) is 32.0 Å². The maximum Gasteiger partial charge on any atom is 0.252 e. The van der Waals surface area contributed by atoms with Crippen LogP contribution in [0.2, 0.25) is 0 Å². The Kier molecular flexibility index (Phi) is 5.09. The fourth-order valence-electron chi connectivity index (χ4n) is 1.21. The van der Waals surface area contributed by atoms with Gasteiger partial charge in [0.25, 0.3) is 11.8 Å². The van der Waals surface area contributed by atoms with Crippen molar-refractivity contribution >= 4 is 27.5 Å². The fourth-order valence-corrected chi connectivity index (χ4v) is 1.83. The second kappa shape index (κ2) is 6.38. The highest BCUT2D eigenvalue weighted by Gasteiger charge is 2.19. The van der Waals surface area contributed by atoms with Crippen LogP contribution < -0.4 is 15.8 Å². The number of nitrogen functional groups attached to an aromatic ring is 1. The van der Waals surface area contributed by atoms with Gasteiger partial charge in [-0.1, -0.05) is 0 Å². The van der Waals surface area contributed by atoms with Gasteiger partial charge in [0.1, 0.15) is 0 Å². The fraction of sp³-hybridized carbons (Fsp3) is 0.333. The number of nitrogens with one attached hydrogen (secondary N) is 2. The number of carbonyl (C=O) groups is 2. The van der Waals surface area contributed by atoms with Gasteiger partial charge in [0.2, 0.25) is 10.0 Å². The first-order valence-electron chi connectivity index (χ1n) is 5.90. The summed E-state index contributed by atoms with van der Waals surface area (Å²) >= 11 is 0. The summed E-state index contributed by atoms with van der Waals surface area (Å²) in [5.74, 6) is -1.27. The Hall–Kier alpha value is -2.09. The number of nitrogens with two attached hydrogens (primary N) is 1. The van der Waals surface area contributed by atoms with Gasteiger partial charge in [0.15, 0.2) is 0 Å². The number of anilines is 1. The van der Waals surface area contributed by atoms with Crippen LogP contribution in [0, 0.1) is 0 Å². The van der Waals surface area contributed by atoms with Crippen LogP contribution in [0.15, 0.2) is 24.3 Å². The Balaban J connectivity index is 2.53. The van der Waals surface area contributed by atoms with E-state index in [9.17, 15) is 18.0 Å². The summed E-state index contributed by atoms with van der Waals surface area (Å²) in [7, 11) is -3.68. The molecule has 2 amide bonds. The molecule has 0 aliphatic rings. The Morgan fingerprint density at radius 3 is 2.25 bits per heavy atom. The molecular weight excluding hydrogens is 282 g/mol. The van der Waals surface area contributed by atoms with E-state index in [1.165, 1.54) is 26.0 Å². The first-order valence-corrected chi connectivity index (χ1v) is 7.45. The van der Waals surface area contributed by atoms with Gasteiger partial charge in [0.05, 0.1) is 11.8 Å². The molecule has 0 unspecified atom stereocenters. The Bertz CT molecular complexity index is 594. The van der Waals surface area contributed by atoms with Gasteiger partial charge in [-0.2, -0.15) is 0 Å². The molecule has 0 heterocycles. The summed E-state index contributed by atoms with van der Waals surface area (Å²) < 4.78 is 24.7. The average molecular weight is 299 g/mol. The third-order valence-corrected chi connectivity index (χ3v) is 4.21. The molecule has 20 heavy (non-hydrogen) atoms. The quantitative estimate of drug-likeness (QED) is 0.654. The molecule has 0 aliphatic carbocycles. The SMILES string of the molecule is CC(C)S(=O)(=O)NC(=O)CNC(=O)c1ccc(N)cc1. The third-order valence-electron chi connectivity index (χ3n) is 2.46. The molecule has 0 atom stereocenters. The molecule has 8 heteroatoms. The number of amides is 2. The summed E-state index contributed by atoms with van der Waals surface area (Å²) in [4.78, 5) is 23.1. The van der Waals surface area contributed by atoms with Crippen molar-refractivity contribution in [1.82, 2.24) is 10.0 Å². The standard InChI is InChI=1S/C12H17N3O4S/c1-8(2)20(18,19)15-11(16)7-14-12(17)9-3-5-10(13)6-4-9/h3-6,8H,7,13H2,1-2H3,(H,14,17)(H,15,16). The first kappa shape index (κ1) is 16.0. The first-order chi connectivity index (χ1) is 9.22. The highest BCUT2D eigenvalue weighted by Crippen LogP contribution is 2.04. The number of rotatable bonds is 5. The van der Waals surface area contributed by atoms with Gasteiger partial charge in [-0.3, -0.25) is 14.3 Å². The van der Waals surface area contributed by atoms with Gasteiger partial charge >= 0.3 is 0 Å². The van der Waals surface area contributed by atoms with Crippen LogP contribution >= 0.6 is 0 Å². The van der Waals surface area contributed by atoms with E-state index in [-0.39, 0.29) is 0 Å². The number of benzene rings is 1. The predicted molar refractivity (Wildman–Crippen MR) is 75.4 cm³/mol. The van der Waals surface area contributed by atoms with Crippen molar-refractivity contribution < 1.29 is 18.0 Å². The Labute approximate surface area is 117 Å². The molecule has 0 fully saturated rings. The summed E-state index contributed by atoms with van der Waals surface area (Å²) in [5, 5.41) is 1.60. The molecule has 0 spiro atoms. The van der Waals surface area contributed by atoms with Crippen LogP contribution in [0.5, 0.6) is 0 Å². The van der Waals surface area contributed by atoms with Crippen molar-refractivity contribution in [2.45, 2.75) is 19.1 Å². The zero-order valence-corrected chi connectivity index (χ0v) is 12.0. The van der Waals surface area contributed by atoms with E-state index in [0.29, 0.717) is 11.3 Å². The van der Waals surface area contributed by atoms with Gasteiger partial charge in [0, 0.05) is 11.3 Å². The smallest absolute Gasteiger partial charge is 0.252 e. The molecule has 0 aliphatic heterocycles. The molecule has 0 aromatic heterocycles. The van der Waals surface area contributed by atoms with Gasteiger partial charge in [-0.05, 0) is 38.1 Å². The van der Waals surface area contributed by atoms with Crippen molar-refractivity contribution in [2.24, 2.45) is 0 Å². The van der Waals surface area contributed by atoms with Gasteiger partial charge < -0.3 is 11.1 Å². The Morgan fingerprint density at radius 2 is 1.75 bits per heavy atom. The summed E-state index contributed by atoms with van der Waals surface area (Å²) in [5.41, 5.74) is 6.33. The zero-order chi connectivity index (χ0) is 15.3. The number of carbonyl (C=O) groups excluding carboxylic acids is 2. The van der Waals surface area contributed by atoms with E-state index in [2.05, 4.69) is 5.32 Å². The average Bonchev–Trinajstić information content (AvgIpc) is 2.36. The lowest BCUT2D eigenvalue weighted by molar-refractivity contribution is -0.118. The molecular formula is C12H17N3O4S. The lowest BCUT2D eigenvalue weighted by Gasteiger charge is -2.10.